The van der Waals surface area contributed by atoms with Crippen molar-refractivity contribution in [1.82, 2.24) is 0 Å². The molecule has 1 amide bonds. The van der Waals surface area contributed by atoms with Crippen LogP contribution in [-0.2, 0) is 20.9 Å². The van der Waals surface area contributed by atoms with Crippen LogP contribution in [0, 0.1) is 27.2 Å². The Morgan fingerprint density at radius 2 is 1.68 bits per heavy atom. The highest BCUT2D eigenvalue weighted by atomic mass is 16.6. The lowest BCUT2D eigenvalue weighted by molar-refractivity contribution is -0.384. The zero-order chi connectivity index (χ0) is 20.7. The van der Waals surface area contributed by atoms with Crippen LogP contribution in [-0.4, -0.2) is 21.7 Å². The van der Waals surface area contributed by atoms with Gasteiger partial charge in [0.2, 0.25) is 5.91 Å². The molecule has 2 rings (SSSR count). The lowest BCUT2D eigenvalue weighted by atomic mass is 10.2. The van der Waals surface area contributed by atoms with Gasteiger partial charge in [0.25, 0.3) is 11.4 Å². The van der Waals surface area contributed by atoms with Gasteiger partial charge in [-0.2, -0.15) is 0 Å². The van der Waals surface area contributed by atoms with E-state index in [-0.39, 0.29) is 36.5 Å². The second-order valence-electron chi connectivity index (χ2n) is 5.91. The maximum Gasteiger partial charge on any atom is 0.306 e. The van der Waals surface area contributed by atoms with Crippen molar-refractivity contribution in [2.45, 2.75) is 26.4 Å². The molecule has 146 valence electrons. The number of benzene rings is 2. The fourth-order valence-electron chi connectivity index (χ4n) is 2.28. The van der Waals surface area contributed by atoms with Crippen LogP contribution in [0.5, 0.6) is 0 Å². The minimum Gasteiger partial charge on any atom is -0.461 e. The van der Waals surface area contributed by atoms with E-state index in [4.69, 9.17) is 4.74 Å². The molecule has 10 nitrogen and oxygen atoms in total. The van der Waals surface area contributed by atoms with E-state index in [2.05, 4.69) is 5.32 Å². The van der Waals surface area contributed by atoms with Gasteiger partial charge in [-0.15, -0.1) is 0 Å². The van der Waals surface area contributed by atoms with Gasteiger partial charge in [0.05, 0.1) is 16.3 Å². The summed E-state index contributed by atoms with van der Waals surface area (Å²) in [7, 11) is 0. The number of carbonyl (C=O) groups excluding carboxylic acids is 2. The van der Waals surface area contributed by atoms with Crippen molar-refractivity contribution in [2.75, 3.05) is 5.32 Å². The number of nitro groups is 2. The van der Waals surface area contributed by atoms with Crippen molar-refractivity contribution in [2.24, 2.45) is 0 Å². The molecule has 0 fully saturated rings. The van der Waals surface area contributed by atoms with E-state index in [1.54, 1.807) is 13.0 Å². The average Bonchev–Trinajstić information content (AvgIpc) is 2.66. The molecule has 0 saturated carbocycles. The van der Waals surface area contributed by atoms with Crippen LogP contribution in [0.3, 0.4) is 0 Å². The number of esters is 1. The number of ether oxygens (including phenoxy) is 1. The molecule has 0 heterocycles. The van der Waals surface area contributed by atoms with Gasteiger partial charge >= 0.3 is 5.97 Å². The van der Waals surface area contributed by atoms with Crippen LogP contribution in [0.25, 0.3) is 0 Å². The standard InChI is InChI=1S/C18H17N3O7/c1-12-2-7-15(16(10-12)21(26)27)19-17(22)8-9-18(23)28-11-13-3-5-14(6-4-13)20(24)25/h2-7,10H,8-9,11H2,1H3,(H,19,22). The topological polar surface area (TPSA) is 142 Å². The third kappa shape index (κ3) is 5.87. The number of carbonyl (C=O) groups is 2. The number of hydrogen-bond acceptors (Lipinski definition) is 7. The van der Waals surface area contributed by atoms with Crippen molar-refractivity contribution in [3.63, 3.8) is 0 Å². The molecule has 2 aromatic rings. The summed E-state index contributed by atoms with van der Waals surface area (Å²) in [5.41, 5.74) is 1.00. The van der Waals surface area contributed by atoms with Crippen LogP contribution < -0.4 is 5.32 Å². The Kier molecular flexibility index (Phi) is 6.74. The Hall–Kier alpha value is -3.82. The molecule has 1 N–H and O–H groups in total. The van der Waals surface area contributed by atoms with Gasteiger partial charge in [0.15, 0.2) is 0 Å². The highest BCUT2D eigenvalue weighted by molar-refractivity contribution is 5.94. The smallest absolute Gasteiger partial charge is 0.306 e. The summed E-state index contributed by atoms with van der Waals surface area (Å²) >= 11 is 0. The van der Waals surface area contributed by atoms with E-state index >= 15 is 0 Å². The highest BCUT2D eigenvalue weighted by Gasteiger charge is 2.17. The van der Waals surface area contributed by atoms with Crippen LogP contribution in [0.15, 0.2) is 42.5 Å². The third-order valence-electron chi connectivity index (χ3n) is 3.73. The van der Waals surface area contributed by atoms with Gasteiger partial charge < -0.3 is 10.1 Å². The molecular formula is C18H17N3O7. The fourth-order valence-corrected chi connectivity index (χ4v) is 2.28. The molecule has 0 unspecified atom stereocenters. The molecule has 0 radical (unpaired) electrons. The van der Waals surface area contributed by atoms with E-state index < -0.39 is 21.7 Å². The first-order valence-electron chi connectivity index (χ1n) is 8.20. The van der Waals surface area contributed by atoms with Crippen LogP contribution >= 0.6 is 0 Å². The quantitative estimate of drug-likeness (QED) is 0.416. The number of rotatable bonds is 8. The number of nitrogens with zero attached hydrogens (tertiary/aromatic N) is 2. The van der Waals surface area contributed by atoms with Gasteiger partial charge in [-0.25, -0.2) is 0 Å². The van der Waals surface area contributed by atoms with Crippen molar-refractivity contribution in [3.8, 4) is 0 Å². The molecule has 0 aromatic heterocycles. The summed E-state index contributed by atoms with van der Waals surface area (Å²) in [5.74, 6) is -1.19. The molecular weight excluding hydrogens is 370 g/mol. The fraction of sp³-hybridized carbons (Fsp3) is 0.222. The van der Waals surface area contributed by atoms with Gasteiger partial charge in [-0.05, 0) is 36.2 Å². The summed E-state index contributed by atoms with van der Waals surface area (Å²) in [6, 6.07) is 9.92. The number of hydrogen-bond donors (Lipinski definition) is 1. The maximum atomic E-state index is 11.9. The highest BCUT2D eigenvalue weighted by Crippen LogP contribution is 2.25. The van der Waals surface area contributed by atoms with Gasteiger partial charge in [-0.3, -0.25) is 29.8 Å². The lowest BCUT2D eigenvalue weighted by Crippen LogP contribution is -2.15. The predicted octanol–water partition coefficient (Wildman–Crippen LogP) is 3.27. The minimum atomic E-state index is -0.632. The van der Waals surface area contributed by atoms with Crippen molar-refractivity contribution in [3.05, 3.63) is 73.8 Å². The molecule has 10 heteroatoms. The van der Waals surface area contributed by atoms with E-state index in [0.29, 0.717) is 11.1 Å². The predicted molar refractivity (Wildman–Crippen MR) is 98.6 cm³/mol. The first kappa shape index (κ1) is 20.5. The van der Waals surface area contributed by atoms with E-state index in [1.807, 2.05) is 0 Å². The molecule has 0 aliphatic carbocycles. The van der Waals surface area contributed by atoms with Crippen LogP contribution in [0.1, 0.15) is 24.0 Å². The van der Waals surface area contributed by atoms with Gasteiger partial charge in [-0.1, -0.05) is 6.07 Å². The second-order valence-corrected chi connectivity index (χ2v) is 5.91. The summed E-state index contributed by atoms with van der Waals surface area (Å²) in [6.45, 7) is 1.61. The lowest BCUT2D eigenvalue weighted by Gasteiger charge is -2.07. The number of anilines is 1. The summed E-state index contributed by atoms with van der Waals surface area (Å²) in [5, 5.41) is 24.0. The largest absolute Gasteiger partial charge is 0.461 e. The zero-order valence-corrected chi connectivity index (χ0v) is 14.9. The van der Waals surface area contributed by atoms with Gasteiger partial charge in [0, 0.05) is 24.6 Å². The number of amides is 1. The molecule has 0 aliphatic rings. The Morgan fingerprint density at radius 3 is 2.29 bits per heavy atom. The Balaban J connectivity index is 1.82. The summed E-state index contributed by atoms with van der Waals surface area (Å²) < 4.78 is 5.01. The monoisotopic (exact) mass is 387 g/mol. The van der Waals surface area contributed by atoms with Crippen molar-refractivity contribution >= 4 is 28.9 Å². The molecule has 0 aliphatic heterocycles. The number of nitrogens with one attached hydrogen (secondary N) is 1. The summed E-state index contributed by atoms with van der Waals surface area (Å²) in [6.07, 6.45) is -0.414. The normalized spacial score (nSPS) is 10.2. The average molecular weight is 387 g/mol. The van der Waals surface area contributed by atoms with E-state index in [9.17, 15) is 29.8 Å². The molecule has 28 heavy (non-hydrogen) atoms. The zero-order valence-electron chi connectivity index (χ0n) is 14.9. The number of non-ortho nitro benzene ring substituents is 1. The van der Waals surface area contributed by atoms with Crippen molar-refractivity contribution < 1.29 is 24.2 Å². The van der Waals surface area contributed by atoms with E-state index in [1.165, 1.54) is 36.4 Å². The minimum absolute atomic E-state index is 0.0554. The van der Waals surface area contributed by atoms with Crippen LogP contribution in [0.2, 0.25) is 0 Å². The van der Waals surface area contributed by atoms with Crippen LogP contribution in [0.4, 0.5) is 17.1 Å². The Morgan fingerprint density at radius 1 is 1.00 bits per heavy atom. The first-order valence-corrected chi connectivity index (χ1v) is 8.20. The molecule has 0 atom stereocenters. The molecule has 0 spiro atoms. The van der Waals surface area contributed by atoms with Gasteiger partial charge in [0.1, 0.15) is 12.3 Å². The second kappa shape index (κ2) is 9.21. The number of nitro benzene ring substituents is 2. The molecule has 0 bridgehead atoms. The Bertz CT molecular complexity index is 910. The molecule has 0 saturated heterocycles. The van der Waals surface area contributed by atoms with E-state index in [0.717, 1.165) is 0 Å². The van der Waals surface area contributed by atoms with Crippen molar-refractivity contribution in [1.29, 1.82) is 0 Å². The summed E-state index contributed by atoms with van der Waals surface area (Å²) in [4.78, 5) is 44.2. The maximum absolute atomic E-state index is 11.9. The SMILES string of the molecule is Cc1ccc(NC(=O)CCC(=O)OCc2ccc([N+](=O)[O-])cc2)c([N+](=O)[O-])c1. The molecule has 2 aromatic carbocycles. The Labute approximate surface area is 159 Å². The third-order valence-corrected chi connectivity index (χ3v) is 3.73. The first-order chi connectivity index (χ1) is 13.3. The number of aryl methyl sites for hydroxylation is 1.